The van der Waals surface area contributed by atoms with Crippen molar-refractivity contribution in [2.45, 2.75) is 64.3 Å². The summed E-state index contributed by atoms with van der Waals surface area (Å²) in [5.41, 5.74) is -1.05. The lowest BCUT2D eigenvalue weighted by atomic mass is 9.98. The van der Waals surface area contributed by atoms with Crippen LogP contribution in [0.5, 0.6) is 0 Å². The molecule has 6 nitrogen and oxygen atoms in total. The van der Waals surface area contributed by atoms with E-state index in [1.165, 1.54) is 30.4 Å². The Bertz CT molecular complexity index is 440. The predicted molar refractivity (Wildman–Crippen MR) is 69.7 cm³/mol. The molecule has 1 saturated carbocycles. The van der Waals surface area contributed by atoms with Crippen LogP contribution in [-0.2, 0) is 16.8 Å². The normalized spacial score (nSPS) is 19.5. The highest BCUT2D eigenvalue weighted by Gasteiger charge is 2.36. The third kappa shape index (κ3) is 2.77. The van der Waals surface area contributed by atoms with Gasteiger partial charge in [0, 0.05) is 6.42 Å². The van der Waals surface area contributed by atoms with Crippen molar-refractivity contribution in [2.24, 2.45) is 5.92 Å². The summed E-state index contributed by atoms with van der Waals surface area (Å²) in [6.45, 7) is 3.52. The minimum atomic E-state index is -1.05. The van der Waals surface area contributed by atoms with Gasteiger partial charge in [-0.15, -0.1) is 5.10 Å². The first kappa shape index (κ1) is 14.0. The first-order valence-corrected chi connectivity index (χ1v) is 7.09. The van der Waals surface area contributed by atoms with E-state index in [1.807, 2.05) is 6.92 Å². The summed E-state index contributed by atoms with van der Waals surface area (Å²) in [6.07, 6.45) is 7.48. The minimum absolute atomic E-state index is 0.462. The number of carboxylic acid groups (broad SMARTS) is 1. The number of aryl methyl sites for hydroxylation is 1. The van der Waals surface area contributed by atoms with Crippen LogP contribution in [0, 0.1) is 5.92 Å². The number of aromatic nitrogens is 4. The number of nitrogens with zero attached hydrogens (tertiary/aromatic N) is 4. The van der Waals surface area contributed by atoms with E-state index >= 15 is 0 Å². The molecule has 0 amide bonds. The third-order valence-corrected chi connectivity index (χ3v) is 4.40. The molecule has 6 heteroatoms. The third-order valence-electron chi connectivity index (χ3n) is 4.40. The molecule has 0 bridgehead atoms. The molecule has 1 aliphatic rings. The molecule has 106 valence electrons. The fourth-order valence-corrected chi connectivity index (χ4v) is 2.77. The van der Waals surface area contributed by atoms with Crippen molar-refractivity contribution in [3.8, 4) is 0 Å². The molecule has 0 spiro atoms. The zero-order valence-corrected chi connectivity index (χ0v) is 11.7. The second-order valence-electron chi connectivity index (χ2n) is 5.63. The lowest BCUT2D eigenvalue weighted by Gasteiger charge is -2.24. The molecule has 0 aromatic carbocycles. The van der Waals surface area contributed by atoms with E-state index in [2.05, 4.69) is 15.5 Å². The number of rotatable bonds is 6. The molecule has 1 unspecified atom stereocenters. The van der Waals surface area contributed by atoms with Gasteiger partial charge in [0.25, 0.3) is 0 Å². The molecule has 0 saturated heterocycles. The second kappa shape index (κ2) is 5.67. The van der Waals surface area contributed by atoms with Crippen LogP contribution in [0.2, 0.25) is 0 Å². The van der Waals surface area contributed by atoms with E-state index < -0.39 is 11.5 Å². The van der Waals surface area contributed by atoms with E-state index in [1.54, 1.807) is 6.92 Å². The topological polar surface area (TPSA) is 80.9 Å². The summed E-state index contributed by atoms with van der Waals surface area (Å²) in [5.74, 6) is 0.561. The maximum atomic E-state index is 11.4. The average molecular weight is 266 g/mol. The van der Waals surface area contributed by atoms with Crippen molar-refractivity contribution in [3.05, 3.63) is 5.82 Å². The van der Waals surface area contributed by atoms with Crippen LogP contribution in [0.25, 0.3) is 0 Å². The maximum Gasteiger partial charge on any atom is 0.331 e. The lowest BCUT2D eigenvalue weighted by molar-refractivity contribution is -0.147. The van der Waals surface area contributed by atoms with Gasteiger partial charge in [0.05, 0.1) is 0 Å². The van der Waals surface area contributed by atoms with Crippen LogP contribution in [0.15, 0.2) is 0 Å². The number of carbonyl (C=O) groups is 1. The fourth-order valence-electron chi connectivity index (χ4n) is 2.77. The van der Waals surface area contributed by atoms with Gasteiger partial charge in [0.1, 0.15) is 0 Å². The minimum Gasteiger partial charge on any atom is -0.479 e. The van der Waals surface area contributed by atoms with Crippen LogP contribution in [0.4, 0.5) is 0 Å². The zero-order chi connectivity index (χ0) is 13.9. The molecule has 1 N–H and O–H groups in total. The highest BCUT2D eigenvalue weighted by atomic mass is 16.4. The Kier molecular flexibility index (Phi) is 4.17. The summed E-state index contributed by atoms with van der Waals surface area (Å²) < 4.78 is 1.49. The summed E-state index contributed by atoms with van der Waals surface area (Å²) in [7, 11) is 0. The molecule has 1 fully saturated rings. The highest BCUT2D eigenvalue weighted by Crippen LogP contribution is 2.29. The van der Waals surface area contributed by atoms with Crippen molar-refractivity contribution in [3.63, 3.8) is 0 Å². The molecule has 1 heterocycles. The van der Waals surface area contributed by atoms with E-state index in [0.29, 0.717) is 12.2 Å². The Balaban J connectivity index is 2.10. The van der Waals surface area contributed by atoms with Crippen LogP contribution < -0.4 is 0 Å². The Hall–Kier alpha value is -1.46. The smallest absolute Gasteiger partial charge is 0.331 e. The molecule has 0 radical (unpaired) electrons. The van der Waals surface area contributed by atoms with Gasteiger partial charge in [-0.3, -0.25) is 0 Å². The highest BCUT2D eigenvalue weighted by molar-refractivity contribution is 5.76. The molecular weight excluding hydrogens is 244 g/mol. The van der Waals surface area contributed by atoms with Gasteiger partial charge in [0.2, 0.25) is 0 Å². The number of aliphatic carboxylic acids is 1. The Morgan fingerprint density at radius 2 is 2.16 bits per heavy atom. The van der Waals surface area contributed by atoms with Gasteiger partial charge in [-0.1, -0.05) is 32.6 Å². The van der Waals surface area contributed by atoms with Gasteiger partial charge in [-0.2, -0.15) is 0 Å². The molecule has 1 aliphatic carbocycles. The predicted octanol–water partition coefficient (Wildman–Crippen LogP) is 2.01. The second-order valence-corrected chi connectivity index (χ2v) is 5.63. The molecule has 19 heavy (non-hydrogen) atoms. The van der Waals surface area contributed by atoms with Gasteiger partial charge >= 0.3 is 5.97 Å². The SMILES string of the molecule is CCC(C)(C(=O)O)n1nnnc1CCC1CCCC1. The van der Waals surface area contributed by atoms with Crippen molar-refractivity contribution in [1.82, 2.24) is 20.2 Å². The first-order valence-electron chi connectivity index (χ1n) is 7.09. The van der Waals surface area contributed by atoms with Crippen LogP contribution in [0.1, 0.15) is 58.2 Å². The van der Waals surface area contributed by atoms with Gasteiger partial charge in [0.15, 0.2) is 11.4 Å². The first-order chi connectivity index (χ1) is 9.08. The average Bonchev–Trinajstić information content (AvgIpc) is 3.06. The quantitative estimate of drug-likeness (QED) is 0.851. The van der Waals surface area contributed by atoms with E-state index in [0.717, 1.165) is 18.8 Å². The van der Waals surface area contributed by atoms with E-state index in [9.17, 15) is 9.90 Å². The van der Waals surface area contributed by atoms with Crippen molar-refractivity contribution >= 4 is 5.97 Å². The molecule has 1 aromatic heterocycles. The Morgan fingerprint density at radius 3 is 2.74 bits per heavy atom. The van der Waals surface area contributed by atoms with Gasteiger partial charge in [-0.05, 0) is 36.1 Å². The van der Waals surface area contributed by atoms with Crippen LogP contribution in [0.3, 0.4) is 0 Å². The van der Waals surface area contributed by atoms with E-state index in [4.69, 9.17) is 0 Å². The largest absolute Gasteiger partial charge is 0.479 e. The Morgan fingerprint density at radius 1 is 1.47 bits per heavy atom. The van der Waals surface area contributed by atoms with Crippen LogP contribution in [-0.4, -0.2) is 31.3 Å². The summed E-state index contributed by atoms with van der Waals surface area (Å²) in [5, 5.41) is 21.0. The molecule has 0 aliphatic heterocycles. The summed E-state index contributed by atoms with van der Waals surface area (Å²) >= 11 is 0. The van der Waals surface area contributed by atoms with Gasteiger partial charge < -0.3 is 5.11 Å². The number of carboxylic acids is 1. The molecule has 2 rings (SSSR count). The summed E-state index contributed by atoms with van der Waals surface area (Å²) in [4.78, 5) is 11.4. The van der Waals surface area contributed by atoms with Gasteiger partial charge in [-0.25, -0.2) is 9.48 Å². The van der Waals surface area contributed by atoms with Crippen LogP contribution >= 0.6 is 0 Å². The Labute approximate surface area is 113 Å². The van der Waals surface area contributed by atoms with Crippen molar-refractivity contribution < 1.29 is 9.90 Å². The lowest BCUT2D eigenvalue weighted by Crippen LogP contribution is -2.40. The zero-order valence-electron chi connectivity index (χ0n) is 11.7. The van der Waals surface area contributed by atoms with Crippen molar-refractivity contribution in [1.29, 1.82) is 0 Å². The van der Waals surface area contributed by atoms with E-state index in [-0.39, 0.29) is 0 Å². The fraction of sp³-hybridized carbons (Fsp3) is 0.846. The summed E-state index contributed by atoms with van der Waals surface area (Å²) in [6, 6.07) is 0. The standard InChI is InChI=1S/C13H22N4O2/c1-3-13(2,12(18)19)17-11(14-15-16-17)9-8-10-6-4-5-7-10/h10H,3-9H2,1-2H3,(H,18,19). The molecular formula is C13H22N4O2. The molecule has 1 aromatic rings. The number of hydrogen-bond donors (Lipinski definition) is 1. The monoisotopic (exact) mass is 266 g/mol. The van der Waals surface area contributed by atoms with Crippen molar-refractivity contribution in [2.75, 3.05) is 0 Å². The maximum absolute atomic E-state index is 11.4. The molecule has 1 atom stereocenters. The number of hydrogen-bond acceptors (Lipinski definition) is 4. The number of tetrazole rings is 1.